The summed E-state index contributed by atoms with van der Waals surface area (Å²) in [4.78, 5) is 26.1. The minimum absolute atomic E-state index is 0.0249. The molecule has 3 amide bonds. The molecule has 2 heterocycles. The largest absolute Gasteiger partial charge is 0.472 e. The minimum atomic E-state index is -3.77. The summed E-state index contributed by atoms with van der Waals surface area (Å²) in [6.07, 6.45) is 4.16. The first-order valence-electron chi connectivity index (χ1n) is 8.35. The summed E-state index contributed by atoms with van der Waals surface area (Å²) in [6, 6.07) is 6.76. The molecule has 27 heavy (non-hydrogen) atoms. The predicted molar refractivity (Wildman–Crippen MR) is 97.6 cm³/mol. The maximum atomic E-state index is 12.2. The van der Waals surface area contributed by atoms with Gasteiger partial charge in [-0.3, -0.25) is 4.79 Å². The topological polar surface area (TPSA) is 135 Å². The van der Waals surface area contributed by atoms with E-state index >= 15 is 0 Å². The molecule has 1 aliphatic rings. The Morgan fingerprint density at radius 1 is 1.11 bits per heavy atom. The number of hydrogen-bond acceptors (Lipinski definition) is 5. The Morgan fingerprint density at radius 3 is 2.33 bits per heavy atom. The summed E-state index contributed by atoms with van der Waals surface area (Å²) in [5.41, 5.74) is 0.967. The van der Waals surface area contributed by atoms with Crippen LogP contribution in [-0.2, 0) is 10.0 Å². The molecule has 1 saturated heterocycles. The van der Waals surface area contributed by atoms with Crippen molar-refractivity contribution in [2.75, 3.05) is 18.4 Å². The molecular weight excluding hydrogens is 372 g/mol. The third kappa shape index (κ3) is 4.86. The number of primary sulfonamides is 1. The highest BCUT2D eigenvalue weighted by molar-refractivity contribution is 7.89. The van der Waals surface area contributed by atoms with E-state index in [1.807, 2.05) is 0 Å². The standard InChI is InChI=1S/C17H20N4O5S/c18-27(24,25)15-3-1-13(2-4-15)19-17(23)20-14-5-8-21(9-6-14)16(22)12-7-10-26-11-12/h1-4,7,10-11,14H,5-6,8-9H2,(H2,18,24,25)(H2,19,20,23). The molecule has 10 heteroatoms. The monoisotopic (exact) mass is 392 g/mol. The van der Waals surface area contributed by atoms with Gasteiger partial charge in [0.05, 0.1) is 16.7 Å². The molecule has 144 valence electrons. The molecule has 1 aromatic heterocycles. The first-order chi connectivity index (χ1) is 12.8. The Bertz CT molecular complexity index is 901. The van der Waals surface area contributed by atoms with E-state index in [2.05, 4.69) is 10.6 Å². The maximum absolute atomic E-state index is 12.2. The van der Waals surface area contributed by atoms with Crippen molar-refractivity contribution < 1.29 is 22.4 Å². The van der Waals surface area contributed by atoms with Gasteiger partial charge in [-0.05, 0) is 43.2 Å². The summed E-state index contributed by atoms with van der Waals surface area (Å²) < 4.78 is 27.4. The zero-order chi connectivity index (χ0) is 19.4. The summed E-state index contributed by atoms with van der Waals surface area (Å²) in [5.74, 6) is -0.0819. The van der Waals surface area contributed by atoms with Gasteiger partial charge in [-0.25, -0.2) is 18.4 Å². The van der Waals surface area contributed by atoms with Gasteiger partial charge in [0, 0.05) is 24.8 Å². The number of urea groups is 1. The number of nitrogens with two attached hydrogens (primary N) is 1. The van der Waals surface area contributed by atoms with Crippen LogP contribution < -0.4 is 15.8 Å². The van der Waals surface area contributed by atoms with E-state index < -0.39 is 16.1 Å². The lowest BCUT2D eigenvalue weighted by molar-refractivity contribution is 0.0708. The van der Waals surface area contributed by atoms with Gasteiger partial charge in [0.25, 0.3) is 5.91 Å². The number of sulfonamides is 1. The second-order valence-corrected chi connectivity index (χ2v) is 7.81. The molecule has 1 fully saturated rings. The Morgan fingerprint density at radius 2 is 1.78 bits per heavy atom. The lowest BCUT2D eigenvalue weighted by Crippen LogP contribution is -2.47. The quantitative estimate of drug-likeness (QED) is 0.722. The van der Waals surface area contributed by atoms with Crippen LogP contribution in [0.3, 0.4) is 0 Å². The number of nitrogens with one attached hydrogen (secondary N) is 2. The molecule has 3 rings (SSSR count). The van der Waals surface area contributed by atoms with Gasteiger partial charge in [0.1, 0.15) is 6.26 Å². The number of carbonyl (C=O) groups excluding carboxylic acids is 2. The lowest BCUT2D eigenvalue weighted by atomic mass is 10.0. The van der Waals surface area contributed by atoms with Crippen LogP contribution in [-0.4, -0.2) is 44.4 Å². The van der Waals surface area contributed by atoms with E-state index in [1.165, 1.54) is 36.8 Å². The third-order valence-corrected chi connectivity index (χ3v) is 5.26. The van der Waals surface area contributed by atoms with Crippen LogP contribution in [0.15, 0.2) is 52.2 Å². The number of rotatable bonds is 4. The molecule has 1 aliphatic heterocycles. The molecule has 0 aliphatic carbocycles. The molecule has 0 atom stereocenters. The van der Waals surface area contributed by atoms with Crippen LogP contribution in [0.25, 0.3) is 0 Å². The Labute approximate surface area is 156 Å². The second-order valence-electron chi connectivity index (χ2n) is 6.25. The van der Waals surface area contributed by atoms with E-state index in [0.29, 0.717) is 37.2 Å². The van der Waals surface area contributed by atoms with Crippen LogP contribution in [0.4, 0.5) is 10.5 Å². The molecular formula is C17H20N4O5S. The van der Waals surface area contributed by atoms with Crippen molar-refractivity contribution in [1.29, 1.82) is 0 Å². The third-order valence-electron chi connectivity index (χ3n) is 4.33. The van der Waals surface area contributed by atoms with Gasteiger partial charge >= 0.3 is 6.03 Å². The van der Waals surface area contributed by atoms with Crippen molar-refractivity contribution in [2.45, 2.75) is 23.8 Å². The van der Waals surface area contributed by atoms with Crippen LogP contribution in [0, 0.1) is 0 Å². The van der Waals surface area contributed by atoms with Crippen molar-refractivity contribution in [3.05, 3.63) is 48.4 Å². The number of furan rings is 1. The van der Waals surface area contributed by atoms with Gasteiger partial charge in [-0.1, -0.05) is 0 Å². The van der Waals surface area contributed by atoms with Crippen LogP contribution in [0.5, 0.6) is 0 Å². The second kappa shape index (κ2) is 7.80. The number of amides is 3. The number of carbonyl (C=O) groups is 2. The van der Waals surface area contributed by atoms with Crippen molar-refractivity contribution >= 4 is 27.6 Å². The summed E-state index contributed by atoms with van der Waals surface area (Å²) in [6.45, 7) is 1.08. The van der Waals surface area contributed by atoms with Crippen LogP contribution in [0.2, 0.25) is 0 Å². The molecule has 0 unspecified atom stereocenters. The summed E-state index contributed by atoms with van der Waals surface area (Å²) in [7, 11) is -3.77. The molecule has 0 spiro atoms. The predicted octanol–water partition coefficient (Wildman–Crippen LogP) is 1.35. The highest BCUT2D eigenvalue weighted by atomic mass is 32.2. The maximum Gasteiger partial charge on any atom is 0.319 e. The fraction of sp³-hybridized carbons (Fsp3) is 0.294. The fourth-order valence-electron chi connectivity index (χ4n) is 2.88. The Hall–Kier alpha value is -2.85. The van der Waals surface area contributed by atoms with Gasteiger partial charge in [0.15, 0.2) is 0 Å². The van der Waals surface area contributed by atoms with Gasteiger partial charge in [0.2, 0.25) is 10.0 Å². The van der Waals surface area contributed by atoms with Crippen LogP contribution >= 0.6 is 0 Å². The SMILES string of the molecule is NS(=O)(=O)c1ccc(NC(=O)NC2CCN(C(=O)c3ccoc3)CC2)cc1. The average Bonchev–Trinajstić information content (AvgIpc) is 3.16. The Balaban J connectivity index is 1.47. The zero-order valence-corrected chi connectivity index (χ0v) is 15.2. The van der Waals surface area contributed by atoms with E-state index in [4.69, 9.17) is 9.56 Å². The van der Waals surface area contributed by atoms with Crippen molar-refractivity contribution in [2.24, 2.45) is 5.14 Å². The smallest absolute Gasteiger partial charge is 0.319 e. The highest BCUT2D eigenvalue weighted by Crippen LogP contribution is 2.16. The summed E-state index contributed by atoms with van der Waals surface area (Å²) >= 11 is 0. The van der Waals surface area contributed by atoms with Crippen molar-refractivity contribution in [3.63, 3.8) is 0 Å². The lowest BCUT2D eigenvalue weighted by Gasteiger charge is -2.32. The van der Waals surface area contributed by atoms with Gasteiger partial charge < -0.3 is 20.0 Å². The number of hydrogen-bond donors (Lipinski definition) is 3. The fourth-order valence-corrected chi connectivity index (χ4v) is 3.39. The van der Waals surface area contributed by atoms with Crippen molar-refractivity contribution in [1.82, 2.24) is 10.2 Å². The number of likely N-dealkylation sites (tertiary alicyclic amines) is 1. The molecule has 0 radical (unpaired) electrons. The van der Waals surface area contributed by atoms with Gasteiger partial charge in [-0.15, -0.1) is 0 Å². The van der Waals surface area contributed by atoms with E-state index in [0.717, 1.165) is 0 Å². The van der Waals surface area contributed by atoms with E-state index in [1.54, 1.807) is 11.0 Å². The molecule has 2 aromatic rings. The number of nitrogens with zero attached hydrogens (tertiary/aromatic N) is 1. The molecule has 0 bridgehead atoms. The number of anilines is 1. The number of piperidine rings is 1. The minimum Gasteiger partial charge on any atom is -0.472 e. The molecule has 0 saturated carbocycles. The molecule has 1 aromatic carbocycles. The summed E-state index contributed by atoms with van der Waals surface area (Å²) in [5, 5.41) is 10.5. The molecule has 9 nitrogen and oxygen atoms in total. The van der Waals surface area contributed by atoms with Crippen LogP contribution in [0.1, 0.15) is 23.2 Å². The van der Waals surface area contributed by atoms with Crippen molar-refractivity contribution in [3.8, 4) is 0 Å². The zero-order valence-electron chi connectivity index (χ0n) is 14.4. The Kier molecular flexibility index (Phi) is 5.47. The average molecular weight is 392 g/mol. The molecule has 4 N–H and O–H groups in total. The first-order valence-corrected chi connectivity index (χ1v) is 9.89. The van der Waals surface area contributed by atoms with E-state index in [-0.39, 0.29) is 16.8 Å². The first kappa shape index (κ1) is 18.9. The normalized spacial score (nSPS) is 15.4. The van der Waals surface area contributed by atoms with E-state index in [9.17, 15) is 18.0 Å². The van der Waals surface area contributed by atoms with Gasteiger partial charge in [-0.2, -0.15) is 0 Å². The highest BCUT2D eigenvalue weighted by Gasteiger charge is 2.25. The number of benzene rings is 1.